The summed E-state index contributed by atoms with van der Waals surface area (Å²) in [6.45, 7) is 15.8. The fraction of sp³-hybridized carbons (Fsp3) is 0.950. The van der Waals surface area contributed by atoms with Crippen molar-refractivity contribution in [1.29, 1.82) is 0 Å². The molecule has 2 rings (SSSR count). The van der Waals surface area contributed by atoms with Gasteiger partial charge in [-0.2, -0.15) is 0 Å². The second-order valence-corrected chi connectivity index (χ2v) is 8.17. The van der Waals surface area contributed by atoms with E-state index in [2.05, 4.69) is 48.3 Å². The Hall–Kier alpha value is -0.850. The van der Waals surface area contributed by atoms with Crippen LogP contribution in [0.5, 0.6) is 0 Å². The summed E-state index contributed by atoms with van der Waals surface area (Å²) in [5.41, 5.74) is 0. The van der Waals surface area contributed by atoms with Crippen LogP contribution < -0.4 is 10.6 Å². The standard InChI is InChI=1S/C20H41N5O/c1-5-21-20(22-9-6-14-26-16-18-7-8-18)23-15-19(17(2)3)25-12-10-24(4)11-13-25/h17-19H,5-16H2,1-4H3,(H2,21,22,23). The predicted octanol–water partition coefficient (Wildman–Crippen LogP) is 1.63. The molecule has 1 aliphatic carbocycles. The molecule has 6 heteroatoms. The van der Waals surface area contributed by atoms with E-state index in [9.17, 15) is 0 Å². The molecule has 1 saturated heterocycles. The van der Waals surface area contributed by atoms with E-state index in [-0.39, 0.29) is 0 Å². The number of hydrogen-bond acceptors (Lipinski definition) is 4. The number of nitrogens with one attached hydrogen (secondary N) is 2. The highest BCUT2D eigenvalue weighted by Gasteiger charge is 2.24. The topological polar surface area (TPSA) is 52.1 Å². The normalized spacial score (nSPS) is 21.2. The molecule has 0 aromatic heterocycles. The van der Waals surface area contributed by atoms with Crippen LogP contribution in [0.3, 0.4) is 0 Å². The second kappa shape index (κ2) is 11.8. The van der Waals surface area contributed by atoms with Gasteiger partial charge in [-0.05, 0) is 45.1 Å². The van der Waals surface area contributed by atoms with Crippen LogP contribution in [0.15, 0.2) is 4.99 Å². The Bertz CT molecular complexity index is 403. The average Bonchev–Trinajstić information content (AvgIpc) is 3.43. The van der Waals surface area contributed by atoms with Crippen molar-refractivity contribution in [3.05, 3.63) is 0 Å². The molecule has 1 saturated carbocycles. The lowest BCUT2D eigenvalue weighted by molar-refractivity contribution is 0.0925. The van der Waals surface area contributed by atoms with Gasteiger partial charge >= 0.3 is 0 Å². The van der Waals surface area contributed by atoms with Gasteiger partial charge in [0, 0.05) is 58.5 Å². The molecular weight excluding hydrogens is 326 g/mol. The summed E-state index contributed by atoms with van der Waals surface area (Å²) in [5.74, 6) is 2.40. The number of guanidine groups is 1. The smallest absolute Gasteiger partial charge is 0.191 e. The number of likely N-dealkylation sites (N-methyl/N-ethyl adjacent to an activating group) is 1. The summed E-state index contributed by atoms with van der Waals surface area (Å²) in [6, 6.07) is 0.515. The third-order valence-electron chi connectivity index (χ3n) is 5.37. The van der Waals surface area contributed by atoms with Gasteiger partial charge in [-0.1, -0.05) is 13.8 Å². The van der Waals surface area contributed by atoms with Gasteiger partial charge in [-0.15, -0.1) is 0 Å². The minimum Gasteiger partial charge on any atom is -0.381 e. The van der Waals surface area contributed by atoms with Crippen molar-refractivity contribution in [1.82, 2.24) is 20.4 Å². The monoisotopic (exact) mass is 367 g/mol. The van der Waals surface area contributed by atoms with Crippen molar-refractivity contribution in [2.24, 2.45) is 16.8 Å². The number of nitrogens with zero attached hydrogens (tertiary/aromatic N) is 3. The minimum absolute atomic E-state index is 0.515. The molecule has 1 aliphatic heterocycles. The largest absolute Gasteiger partial charge is 0.381 e. The van der Waals surface area contributed by atoms with Crippen LogP contribution in [0.2, 0.25) is 0 Å². The Morgan fingerprint density at radius 2 is 1.88 bits per heavy atom. The molecule has 6 nitrogen and oxygen atoms in total. The first kappa shape index (κ1) is 21.5. The second-order valence-electron chi connectivity index (χ2n) is 8.17. The molecule has 0 aromatic carbocycles. The maximum Gasteiger partial charge on any atom is 0.191 e. The van der Waals surface area contributed by atoms with Crippen molar-refractivity contribution < 1.29 is 4.74 Å². The summed E-state index contributed by atoms with van der Waals surface area (Å²) in [5, 5.41) is 6.84. The molecule has 152 valence electrons. The molecule has 0 radical (unpaired) electrons. The molecule has 2 aliphatic rings. The van der Waals surface area contributed by atoms with Crippen molar-refractivity contribution in [2.45, 2.75) is 46.1 Å². The van der Waals surface area contributed by atoms with Gasteiger partial charge in [-0.3, -0.25) is 9.89 Å². The van der Waals surface area contributed by atoms with E-state index in [1.807, 2.05) is 0 Å². The molecule has 0 bridgehead atoms. The quantitative estimate of drug-likeness (QED) is 0.330. The lowest BCUT2D eigenvalue weighted by Crippen LogP contribution is -2.52. The highest BCUT2D eigenvalue weighted by Crippen LogP contribution is 2.28. The first-order valence-corrected chi connectivity index (χ1v) is 10.6. The van der Waals surface area contributed by atoms with E-state index < -0.39 is 0 Å². The van der Waals surface area contributed by atoms with Crippen LogP contribution in [-0.4, -0.2) is 87.9 Å². The zero-order valence-electron chi connectivity index (χ0n) is 17.5. The lowest BCUT2D eigenvalue weighted by atomic mass is 10.0. The summed E-state index contributed by atoms with van der Waals surface area (Å²) >= 11 is 0. The minimum atomic E-state index is 0.515. The van der Waals surface area contributed by atoms with Crippen LogP contribution in [0.4, 0.5) is 0 Å². The number of aliphatic imine (C=N–C) groups is 1. The molecule has 0 aromatic rings. The van der Waals surface area contributed by atoms with Gasteiger partial charge in [0.1, 0.15) is 0 Å². The molecule has 2 fully saturated rings. The number of rotatable bonds is 11. The van der Waals surface area contributed by atoms with E-state index in [0.29, 0.717) is 12.0 Å². The third kappa shape index (κ3) is 8.23. The van der Waals surface area contributed by atoms with Gasteiger partial charge in [-0.25, -0.2) is 0 Å². The Balaban J connectivity index is 1.72. The molecule has 2 N–H and O–H groups in total. The Kier molecular flexibility index (Phi) is 9.72. The maximum atomic E-state index is 5.71. The summed E-state index contributed by atoms with van der Waals surface area (Å²) in [6.07, 6.45) is 3.75. The van der Waals surface area contributed by atoms with Gasteiger partial charge in [0.05, 0.1) is 6.54 Å². The van der Waals surface area contributed by atoms with Gasteiger partial charge in [0.2, 0.25) is 0 Å². The van der Waals surface area contributed by atoms with E-state index in [1.54, 1.807) is 0 Å². The van der Waals surface area contributed by atoms with Crippen molar-refractivity contribution in [3.8, 4) is 0 Å². The zero-order valence-corrected chi connectivity index (χ0v) is 17.5. The molecule has 0 spiro atoms. The fourth-order valence-electron chi connectivity index (χ4n) is 3.34. The SMILES string of the molecule is CCNC(=NCC(C(C)C)N1CCN(C)CC1)NCCCOCC1CC1. The van der Waals surface area contributed by atoms with E-state index in [0.717, 1.165) is 77.3 Å². The van der Waals surface area contributed by atoms with Crippen LogP contribution in [0, 0.1) is 11.8 Å². The lowest BCUT2D eigenvalue weighted by Gasteiger charge is -2.39. The van der Waals surface area contributed by atoms with Crippen LogP contribution >= 0.6 is 0 Å². The Labute approximate surface area is 160 Å². The van der Waals surface area contributed by atoms with Gasteiger partial charge in [0.25, 0.3) is 0 Å². The van der Waals surface area contributed by atoms with Gasteiger partial charge in [0.15, 0.2) is 5.96 Å². The van der Waals surface area contributed by atoms with Crippen molar-refractivity contribution >= 4 is 5.96 Å². The predicted molar refractivity (Wildman–Crippen MR) is 110 cm³/mol. The van der Waals surface area contributed by atoms with E-state index in [4.69, 9.17) is 9.73 Å². The van der Waals surface area contributed by atoms with Crippen LogP contribution in [0.25, 0.3) is 0 Å². The van der Waals surface area contributed by atoms with Crippen molar-refractivity contribution in [2.75, 3.05) is 66.1 Å². The zero-order chi connectivity index (χ0) is 18.8. The maximum absolute atomic E-state index is 5.71. The number of hydrogen-bond donors (Lipinski definition) is 2. The van der Waals surface area contributed by atoms with Crippen molar-refractivity contribution in [3.63, 3.8) is 0 Å². The number of piperazine rings is 1. The average molecular weight is 368 g/mol. The first-order valence-electron chi connectivity index (χ1n) is 10.6. The van der Waals surface area contributed by atoms with E-state index >= 15 is 0 Å². The molecule has 26 heavy (non-hydrogen) atoms. The van der Waals surface area contributed by atoms with Crippen LogP contribution in [-0.2, 0) is 4.74 Å². The van der Waals surface area contributed by atoms with E-state index in [1.165, 1.54) is 12.8 Å². The first-order chi connectivity index (χ1) is 12.6. The molecular formula is C20H41N5O. The Morgan fingerprint density at radius 1 is 1.15 bits per heavy atom. The Morgan fingerprint density at radius 3 is 2.50 bits per heavy atom. The molecule has 1 heterocycles. The third-order valence-corrected chi connectivity index (χ3v) is 5.37. The van der Waals surface area contributed by atoms with Gasteiger partial charge < -0.3 is 20.3 Å². The fourth-order valence-corrected chi connectivity index (χ4v) is 3.34. The highest BCUT2D eigenvalue weighted by molar-refractivity contribution is 5.79. The number of ether oxygens (including phenoxy) is 1. The highest BCUT2D eigenvalue weighted by atomic mass is 16.5. The molecule has 1 unspecified atom stereocenters. The summed E-state index contributed by atoms with van der Waals surface area (Å²) < 4.78 is 5.71. The summed E-state index contributed by atoms with van der Waals surface area (Å²) in [4.78, 5) is 9.91. The molecule has 1 atom stereocenters. The van der Waals surface area contributed by atoms with Crippen LogP contribution in [0.1, 0.15) is 40.0 Å². The molecule has 0 amide bonds. The summed E-state index contributed by atoms with van der Waals surface area (Å²) in [7, 11) is 2.21.